The minimum atomic E-state index is 0.195. The van der Waals surface area contributed by atoms with Crippen LogP contribution in [0.2, 0.25) is 0 Å². The molecule has 1 saturated carbocycles. The SMILES string of the molecule is CC.CC.CC.Cc1n[nH]c(C)c1CNC(=O)C1CCC(C)(C)CC1. The fraction of sp³-hybridized carbons (Fsp3) is 0.810. The molecule has 1 amide bonds. The van der Waals surface area contributed by atoms with Gasteiger partial charge in [-0.25, -0.2) is 0 Å². The second-order valence-corrected chi connectivity index (χ2v) is 6.57. The Balaban J connectivity index is 0. The van der Waals surface area contributed by atoms with E-state index < -0.39 is 0 Å². The van der Waals surface area contributed by atoms with E-state index in [4.69, 9.17) is 0 Å². The third-order valence-electron chi connectivity index (χ3n) is 4.43. The molecular weight excluding hydrogens is 310 g/mol. The van der Waals surface area contributed by atoms with Crippen LogP contribution >= 0.6 is 0 Å². The maximum absolute atomic E-state index is 12.2. The lowest BCUT2D eigenvalue weighted by Crippen LogP contribution is -2.34. The number of amides is 1. The first-order valence-electron chi connectivity index (χ1n) is 10.2. The number of hydrogen-bond donors (Lipinski definition) is 2. The Morgan fingerprint density at radius 1 is 1.08 bits per heavy atom. The first kappa shape index (κ1) is 25.9. The molecule has 1 aliphatic rings. The summed E-state index contributed by atoms with van der Waals surface area (Å²) in [5, 5.41) is 10.2. The Morgan fingerprint density at radius 2 is 1.56 bits per heavy atom. The van der Waals surface area contributed by atoms with Gasteiger partial charge in [-0.3, -0.25) is 9.89 Å². The van der Waals surface area contributed by atoms with Crippen LogP contribution < -0.4 is 5.32 Å². The van der Waals surface area contributed by atoms with E-state index in [2.05, 4.69) is 29.4 Å². The largest absolute Gasteiger partial charge is 0.352 e. The van der Waals surface area contributed by atoms with Gasteiger partial charge in [0.1, 0.15) is 0 Å². The van der Waals surface area contributed by atoms with Crippen LogP contribution in [-0.2, 0) is 11.3 Å². The van der Waals surface area contributed by atoms with E-state index in [0.29, 0.717) is 12.0 Å². The van der Waals surface area contributed by atoms with Gasteiger partial charge in [0, 0.05) is 23.7 Å². The monoisotopic (exact) mass is 353 g/mol. The average Bonchev–Trinajstić information content (AvgIpc) is 2.96. The highest BCUT2D eigenvalue weighted by Crippen LogP contribution is 2.37. The molecule has 0 spiro atoms. The van der Waals surface area contributed by atoms with E-state index >= 15 is 0 Å². The molecule has 25 heavy (non-hydrogen) atoms. The highest BCUT2D eigenvalue weighted by atomic mass is 16.1. The van der Waals surface area contributed by atoms with Gasteiger partial charge < -0.3 is 5.32 Å². The molecule has 148 valence electrons. The van der Waals surface area contributed by atoms with Gasteiger partial charge in [-0.2, -0.15) is 5.10 Å². The lowest BCUT2D eigenvalue weighted by atomic mass is 9.73. The average molecular weight is 354 g/mol. The topological polar surface area (TPSA) is 57.8 Å². The van der Waals surface area contributed by atoms with Crippen molar-refractivity contribution in [1.29, 1.82) is 0 Å². The molecule has 0 bridgehead atoms. The number of nitrogens with zero attached hydrogens (tertiary/aromatic N) is 1. The maximum Gasteiger partial charge on any atom is 0.223 e. The van der Waals surface area contributed by atoms with E-state index in [9.17, 15) is 4.79 Å². The fourth-order valence-electron chi connectivity index (χ4n) is 2.82. The zero-order chi connectivity index (χ0) is 20.0. The molecular formula is C21H43N3O. The van der Waals surface area contributed by atoms with Gasteiger partial charge in [0.05, 0.1) is 5.69 Å². The standard InChI is InChI=1S/C15H25N3O.3C2H6/c1-10-13(11(2)18-17-10)9-16-14(19)12-5-7-15(3,4)8-6-12;3*1-2/h12H,5-9H2,1-4H3,(H,16,19)(H,17,18);3*1-2H3. The Bertz CT molecular complexity index is 434. The van der Waals surface area contributed by atoms with E-state index in [-0.39, 0.29) is 11.8 Å². The number of hydrogen-bond acceptors (Lipinski definition) is 2. The zero-order valence-electron chi connectivity index (χ0n) is 18.5. The van der Waals surface area contributed by atoms with Crippen LogP contribution in [-0.4, -0.2) is 16.1 Å². The summed E-state index contributed by atoms with van der Waals surface area (Å²) in [6, 6.07) is 0. The summed E-state index contributed by atoms with van der Waals surface area (Å²) >= 11 is 0. The maximum atomic E-state index is 12.2. The molecule has 2 rings (SSSR count). The number of H-pyrrole nitrogens is 1. The molecule has 0 unspecified atom stereocenters. The van der Waals surface area contributed by atoms with Gasteiger partial charge in [0.15, 0.2) is 0 Å². The van der Waals surface area contributed by atoms with Crippen molar-refractivity contribution in [3.8, 4) is 0 Å². The number of carbonyl (C=O) groups is 1. The summed E-state index contributed by atoms with van der Waals surface area (Å²) in [5.41, 5.74) is 3.55. The minimum absolute atomic E-state index is 0.195. The Labute approximate surface area is 156 Å². The molecule has 1 aliphatic carbocycles. The van der Waals surface area contributed by atoms with Gasteiger partial charge in [-0.05, 0) is 44.9 Å². The van der Waals surface area contributed by atoms with Crippen LogP contribution in [0.5, 0.6) is 0 Å². The second kappa shape index (κ2) is 13.9. The number of carbonyl (C=O) groups excluding carboxylic acids is 1. The van der Waals surface area contributed by atoms with Crippen LogP contribution in [0.15, 0.2) is 0 Å². The summed E-state index contributed by atoms with van der Waals surface area (Å²) in [4.78, 5) is 12.2. The molecule has 1 heterocycles. The van der Waals surface area contributed by atoms with Crippen LogP contribution in [0.4, 0.5) is 0 Å². The van der Waals surface area contributed by atoms with E-state index in [1.165, 1.54) is 0 Å². The van der Waals surface area contributed by atoms with Crippen LogP contribution in [0.1, 0.15) is 98.0 Å². The summed E-state index contributed by atoms with van der Waals surface area (Å²) in [5.74, 6) is 0.399. The van der Waals surface area contributed by atoms with Crippen LogP contribution in [0.25, 0.3) is 0 Å². The molecule has 4 heteroatoms. The van der Waals surface area contributed by atoms with Crippen LogP contribution in [0.3, 0.4) is 0 Å². The van der Waals surface area contributed by atoms with Crippen molar-refractivity contribution in [1.82, 2.24) is 15.5 Å². The highest BCUT2D eigenvalue weighted by Gasteiger charge is 2.30. The molecule has 1 aromatic rings. The number of aromatic nitrogens is 2. The third kappa shape index (κ3) is 9.08. The number of nitrogens with one attached hydrogen (secondary N) is 2. The summed E-state index contributed by atoms with van der Waals surface area (Å²) < 4.78 is 0. The Morgan fingerprint density at radius 3 is 1.96 bits per heavy atom. The number of rotatable bonds is 3. The molecule has 4 nitrogen and oxygen atoms in total. The Kier molecular flexibility index (Phi) is 14.4. The van der Waals surface area contributed by atoms with Crippen molar-refractivity contribution in [2.45, 2.75) is 101 Å². The van der Waals surface area contributed by atoms with Crippen molar-refractivity contribution in [3.63, 3.8) is 0 Å². The third-order valence-corrected chi connectivity index (χ3v) is 4.43. The van der Waals surface area contributed by atoms with Gasteiger partial charge >= 0.3 is 0 Å². The first-order chi connectivity index (χ1) is 11.9. The lowest BCUT2D eigenvalue weighted by molar-refractivity contribution is -0.126. The summed E-state index contributed by atoms with van der Waals surface area (Å²) in [7, 11) is 0. The highest BCUT2D eigenvalue weighted by molar-refractivity contribution is 5.78. The predicted octanol–water partition coefficient (Wildman–Crippen LogP) is 5.94. The molecule has 0 aromatic carbocycles. The van der Waals surface area contributed by atoms with Gasteiger partial charge in [0.2, 0.25) is 5.91 Å². The molecule has 1 aromatic heterocycles. The normalized spacial score (nSPS) is 15.4. The quantitative estimate of drug-likeness (QED) is 0.706. The van der Waals surface area contributed by atoms with Crippen molar-refractivity contribution >= 4 is 5.91 Å². The lowest BCUT2D eigenvalue weighted by Gasteiger charge is -2.33. The van der Waals surface area contributed by atoms with E-state index in [1.54, 1.807) is 0 Å². The smallest absolute Gasteiger partial charge is 0.223 e. The molecule has 0 saturated heterocycles. The van der Waals surface area contributed by atoms with Crippen molar-refractivity contribution in [3.05, 3.63) is 17.0 Å². The number of aryl methyl sites for hydroxylation is 2. The molecule has 0 radical (unpaired) electrons. The molecule has 0 atom stereocenters. The predicted molar refractivity (Wildman–Crippen MR) is 110 cm³/mol. The van der Waals surface area contributed by atoms with Crippen molar-refractivity contribution < 1.29 is 4.79 Å². The second-order valence-electron chi connectivity index (χ2n) is 6.57. The van der Waals surface area contributed by atoms with E-state index in [1.807, 2.05) is 55.4 Å². The number of aromatic amines is 1. The van der Waals surface area contributed by atoms with Gasteiger partial charge in [-0.15, -0.1) is 0 Å². The minimum Gasteiger partial charge on any atom is -0.352 e. The Hall–Kier alpha value is -1.32. The molecule has 1 fully saturated rings. The summed E-state index contributed by atoms with van der Waals surface area (Å²) in [6.45, 7) is 21.1. The first-order valence-corrected chi connectivity index (χ1v) is 10.2. The van der Waals surface area contributed by atoms with Crippen LogP contribution in [0, 0.1) is 25.2 Å². The fourth-order valence-corrected chi connectivity index (χ4v) is 2.82. The molecule has 2 N–H and O–H groups in total. The molecule has 0 aliphatic heterocycles. The van der Waals surface area contributed by atoms with Crippen molar-refractivity contribution in [2.24, 2.45) is 11.3 Å². The van der Waals surface area contributed by atoms with E-state index in [0.717, 1.165) is 42.6 Å². The van der Waals surface area contributed by atoms with Gasteiger partial charge in [0.25, 0.3) is 0 Å². The van der Waals surface area contributed by atoms with Gasteiger partial charge in [-0.1, -0.05) is 55.4 Å². The summed E-state index contributed by atoms with van der Waals surface area (Å²) in [6.07, 6.45) is 4.33. The van der Waals surface area contributed by atoms with Crippen molar-refractivity contribution in [2.75, 3.05) is 0 Å². The zero-order valence-corrected chi connectivity index (χ0v) is 18.5.